The van der Waals surface area contributed by atoms with Crippen molar-refractivity contribution in [3.63, 3.8) is 0 Å². The first-order valence-electron chi connectivity index (χ1n) is 7.26. The highest BCUT2D eigenvalue weighted by molar-refractivity contribution is 6.06. The number of amides is 1. The van der Waals surface area contributed by atoms with Crippen molar-refractivity contribution in [1.82, 2.24) is 4.98 Å². The molecule has 2 heterocycles. The lowest BCUT2D eigenvalue weighted by Crippen LogP contribution is -2.33. The molecule has 0 aliphatic carbocycles. The van der Waals surface area contributed by atoms with Gasteiger partial charge in [0.05, 0.1) is 12.0 Å². The summed E-state index contributed by atoms with van der Waals surface area (Å²) in [5.74, 6) is -0.484. The first kappa shape index (κ1) is 14.8. The third kappa shape index (κ3) is 2.04. The Labute approximate surface area is 128 Å². The predicted octanol–water partition coefficient (Wildman–Crippen LogP) is 2.72. The minimum absolute atomic E-state index is 0.0394. The van der Waals surface area contributed by atoms with E-state index in [2.05, 4.69) is 10.3 Å². The summed E-state index contributed by atoms with van der Waals surface area (Å²) in [6, 6.07) is 4.36. The van der Waals surface area contributed by atoms with Crippen LogP contribution in [0.15, 0.2) is 18.2 Å². The summed E-state index contributed by atoms with van der Waals surface area (Å²) in [4.78, 5) is 15.7. The van der Waals surface area contributed by atoms with Crippen LogP contribution >= 0.6 is 0 Å². The number of aromatic amines is 1. The van der Waals surface area contributed by atoms with Crippen LogP contribution in [0.1, 0.15) is 35.0 Å². The average molecular weight is 302 g/mol. The van der Waals surface area contributed by atoms with E-state index in [0.717, 1.165) is 22.5 Å². The number of anilines is 1. The number of nitrogens with one attached hydrogen (secondary N) is 2. The first-order chi connectivity index (χ1) is 10.4. The van der Waals surface area contributed by atoms with Crippen LogP contribution in [0.2, 0.25) is 0 Å². The van der Waals surface area contributed by atoms with Crippen molar-refractivity contribution in [2.45, 2.75) is 39.2 Å². The van der Waals surface area contributed by atoms with E-state index in [0.29, 0.717) is 17.7 Å². The summed E-state index contributed by atoms with van der Waals surface area (Å²) in [5.41, 5.74) is 4.13. The fourth-order valence-corrected chi connectivity index (χ4v) is 3.27. The van der Waals surface area contributed by atoms with Crippen molar-refractivity contribution in [3.05, 3.63) is 52.1 Å². The number of aromatic nitrogens is 1. The molecular weight excluding hydrogens is 283 g/mol. The van der Waals surface area contributed by atoms with Crippen LogP contribution in [0.4, 0.5) is 10.1 Å². The second-order valence-electron chi connectivity index (χ2n) is 6.14. The van der Waals surface area contributed by atoms with E-state index in [1.807, 2.05) is 20.8 Å². The molecule has 1 amide bonds. The Kier molecular flexibility index (Phi) is 3.33. The van der Waals surface area contributed by atoms with Crippen LogP contribution in [0, 0.1) is 19.7 Å². The van der Waals surface area contributed by atoms with E-state index in [1.54, 1.807) is 6.07 Å². The maximum absolute atomic E-state index is 13.6. The number of H-pyrrole nitrogens is 1. The highest BCUT2D eigenvalue weighted by Gasteiger charge is 2.43. The van der Waals surface area contributed by atoms with Gasteiger partial charge >= 0.3 is 0 Å². The Balaban J connectivity index is 2.05. The van der Waals surface area contributed by atoms with E-state index < -0.39 is 5.41 Å². The zero-order valence-electron chi connectivity index (χ0n) is 12.9. The Bertz CT molecular complexity index is 766. The normalized spacial score (nSPS) is 20.1. The number of aliphatic hydroxyl groups is 1. The molecule has 4 nitrogen and oxygen atoms in total. The van der Waals surface area contributed by atoms with Crippen LogP contribution < -0.4 is 5.32 Å². The van der Waals surface area contributed by atoms with Gasteiger partial charge in [-0.2, -0.15) is 0 Å². The molecule has 3 N–H and O–H groups in total. The number of benzene rings is 1. The number of aryl methyl sites for hydroxylation is 1. The third-order valence-electron chi connectivity index (χ3n) is 4.71. The number of rotatable bonds is 3. The Morgan fingerprint density at radius 2 is 2.05 bits per heavy atom. The number of carbonyl (C=O) groups is 1. The van der Waals surface area contributed by atoms with E-state index in [9.17, 15) is 14.3 Å². The van der Waals surface area contributed by atoms with Gasteiger partial charge in [0, 0.05) is 29.1 Å². The summed E-state index contributed by atoms with van der Waals surface area (Å²) in [6.45, 7) is 5.60. The second-order valence-corrected chi connectivity index (χ2v) is 6.14. The van der Waals surface area contributed by atoms with Gasteiger partial charge in [-0.1, -0.05) is 0 Å². The minimum atomic E-state index is -0.827. The molecule has 3 rings (SSSR count). The van der Waals surface area contributed by atoms with Crippen molar-refractivity contribution in [3.8, 4) is 0 Å². The van der Waals surface area contributed by atoms with Gasteiger partial charge in [0.2, 0.25) is 5.91 Å². The van der Waals surface area contributed by atoms with Gasteiger partial charge in [-0.05, 0) is 50.1 Å². The van der Waals surface area contributed by atoms with Gasteiger partial charge < -0.3 is 15.4 Å². The van der Waals surface area contributed by atoms with E-state index in [4.69, 9.17) is 0 Å². The van der Waals surface area contributed by atoms with Crippen molar-refractivity contribution < 1.29 is 14.3 Å². The summed E-state index contributed by atoms with van der Waals surface area (Å²) in [7, 11) is 0. The fourth-order valence-electron chi connectivity index (χ4n) is 3.27. The molecule has 1 aliphatic heterocycles. The van der Waals surface area contributed by atoms with Crippen LogP contribution in [-0.4, -0.2) is 16.0 Å². The van der Waals surface area contributed by atoms with Gasteiger partial charge in [0.1, 0.15) is 5.82 Å². The third-order valence-corrected chi connectivity index (χ3v) is 4.71. The summed E-state index contributed by atoms with van der Waals surface area (Å²) in [5, 5.41) is 12.3. The molecule has 0 radical (unpaired) electrons. The Morgan fingerprint density at radius 3 is 2.68 bits per heavy atom. The van der Waals surface area contributed by atoms with E-state index in [-0.39, 0.29) is 18.3 Å². The molecule has 1 aromatic carbocycles. The maximum atomic E-state index is 13.6. The number of hydrogen-bond donors (Lipinski definition) is 3. The van der Waals surface area contributed by atoms with Gasteiger partial charge in [0.25, 0.3) is 0 Å². The van der Waals surface area contributed by atoms with E-state index in [1.165, 1.54) is 12.1 Å². The highest BCUT2D eigenvalue weighted by atomic mass is 19.1. The van der Waals surface area contributed by atoms with E-state index >= 15 is 0 Å². The van der Waals surface area contributed by atoms with Crippen LogP contribution in [0.3, 0.4) is 0 Å². The monoisotopic (exact) mass is 302 g/mol. The summed E-state index contributed by atoms with van der Waals surface area (Å²) >= 11 is 0. The number of aliphatic hydroxyl groups excluding tert-OH is 1. The molecule has 2 aromatic rings. The molecule has 1 aliphatic rings. The van der Waals surface area contributed by atoms with Gasteiger partial charge in [-0.3, -0.25) is 4.79 Å². The summed E-state index contributed by atoms with van der Waals surface area (Å²) in [6.07, 6.45) is 0.433. The zero-order chi connectivity index (χ0) is 16.1. The number of fused-ring (bicyclic) bond motifs is 1. The minimum Gasteiger partial charge on any atom is -0.392 e. The highest BCUT2D eigenvalue weighted by Crippen LogP contribution is 2.41. The molecule has 5 heteroatoms. The molecule has 1 unspecified atom stereocenters. The Morgan fingerprint density at radius 1 is 1.32 bits per heavy atom. The molecule has 1 atom stereocenters. The molecule has 0 saturated carbocycles. The molecule has 1 aromatic heterocycles. The molecular formula is C17H19FN2O2. The van der Waals surface area contributed by atoms with Crippen LogP contribution in [0.5, 0.6) is 0 Å². The molecule has 0 spiro atoms. The molecule has 116 valence electrons. The van der Waals surface area contributed by atoms with Gasteiger partial charge in [-0.25, -0.2) is 4.39 Å². The summed E-state index contributed by atoms with van der Waals surface area (Å²) < 4.78 is 13.6. The Hall–Kier alpha value is -2.14. The molecule has 0 bridgehead atoms. The average Bonchev–Trinajstić information content (AvgIpc) is 2.86. The lowest BCUT2D eigenvalue weighted by atomic mass is 9.79. The lowest BCUT2D eigenvalue weighted by molar-refractivity contribution is -0.120. The van der Waals surface area contributed by atoms with Crippen molar-refractivity contribution in [2.24, 2.45) is 0 Å². The molecule has 0 fully saturated rings. The van der Waals surface area contributed by atoms with Crippen molar-refractivity contribution >= 4 is 11.6 Å². The second kappa shape index (κ2) is 4.95. The van der Waals surface area contributed by atoms with Crippen LogP contribution in [-0.2, 0) is 23.2 Å². The maximum Gasteiger partial charge on any atom is 0.235 e. The predicted molar refractivity (Wildman–Crippen MR) is 82.3 cm³/mol. The zero-order valence-corrected chi connectivity index (χ0v) is 12.9. The largest absolute Gasteiger partial charge is 0.392 e. The first-order valence-corrected chi connectivity index (χ1v) is 7.26. The van der Waals surface area contributed by atoms with Gasteiger partial charge in [0.15, 0.2) is 0 Å². The van der Waals surface area contributed by atoms with Crippen molar-refractivity contribution in [1.29, 1.82) is 0 Å². The quantitative estimate of drug-likeness (QED) is 0.816. The number of hydrogen-bond acceptors (Lipinski definition) is 2. The SMILES string of the molecule is Cc1[nH]c(CC2(C)C(=O)Nc3ccc(F)cc32)c(C)c1CO. The molecule has 0 saturated heterocycles. The standard InChI is InChI=1S/C17H19FN2O2/c1-9-12(8-21)10(2)19-15(9)7-17(3)13-6-11(18)4-5-14(13)20-16(17)22/h4-6,19,21H,7-8H2,1-3H3,(H,20,22). The molecule has 22 heavy (non-hydrogen) atoms. The van der Waals surface area contributed by atoms with Crippen molar-refractivity contribution in [2.75, 3.05) is 5.32 Å². The smallest absolute Gasteiger partial charge is 0.235 e. The van der Waals surface area contributed by atoms with Gasteiger partial charge in [-0.15, -0.1) is 0 Å². The lowest BCUT2D eigenvalue weighted by Gasteiger charge is -2.22. The fraction of sp³-hybridized carbons (Fsp3) is 0.353. The number of halogens is 1. The topological polar surface area (TPSA) is 65.1 Å². The van der Waals surface area contributed by atoms with Crippen LogP contribution in [0.25, 0.3) is 0 Å². The number of carbonyl (C=O) groups excluding carboxylic acids is 1.